The maximum Gasteiger partial charge on any atom is 0.240 e. The van der Waals surface area contributed by atoms with Crippen molar-refractivity contribution in [1.82, 2.24) is 4.72 Å². The molecule has 114 valence electrons. The Morgan fingerprint density at radius 1 is 1.29 bits per heavy atom. The van der Waals surface area contributed by atoms with Crippen LogP contribution in [0.5, 0.6) is 0 Å². The number of nitrogens with one attached hydrogen (secondary N) is 1. The predicted octanol–water partition coefficient (Wildman–Crippen LogP) is 1.98. The molecule has 0 amide bonds. The lowest BCUT2D eigenvalue weighted by Gasteiger charge is -2.15. The van der Waals surface area contributed by atoms with E-state index in [-0.39, 0.29) is 5.41 Å². The standard InChI is InChI=1S/C15H20N2O2S2/c16-14(20)9-11-1-5-13(6-2-11)21(18,19)17-10-15(7-8-15)12-3-4-12/h1-2,5-6,12,17H,3-4,7-10H2,(H2,16,20). The first-order valence-electron chi connectivity index (χ1n) is 7.28. The van der Waals surface area contributed by atoms with E-state index < -0.39 is 10.0 Å². The van der Waals surface area contributed by atoms with Crippen molar-refractivity contribution in [2.75, 3.05) is 6.54 Å². The van der Waals surface area contributed by atoms with Crippen molar-refractivity contribution in [3.8, 4) is 0 Å². The third-order valence-electron chi connectivity index (χ3n) is 4.56. The number of benzene rings is 1. The molecular formula is C15H20N2O2S2. The molecule has 2 fully saturated rings. The van der Waals surface area contributed by atoms with E-state index in [4.69, 9.17) is 18.0 Å². The molecule has 0 radical (unpaired) electrons. The summed E-state index contributed by atoms with van der Waals surface area (Å²) in [6.45, 7) is 0.578. The summed E-state index contributed by atoms with van der Waals surface area (Å²) in [6, 6.07) is 6.77. The smallest absolute Gasteiger partial charge is 0.240 e. The van der Waals surface area contributed by atoms with Crippen LogP contribution in [0.3, 0.4) is 0 Å². The average molecular weight is 324 g/mol. The minimum atomic E-state index is -3.42. The van der Waals surface area contributed by atoms with E-state index in [2.05, 4.69) is 4.72 Å². The third-order valence-corrected chi connectivity index (χ3v) is 6.12. The van der Waals surface area contributed by atoms with Gasteiger partial charge in [-0.15, -0.1) is 0 Å². The number of nitrogens with two attached hydrogens (primary N) is 1. The normalized spacial score (nSPS) is 20.2. The van der Waals surface area contributed by atoms with Gasteiger partial charge in [0.1, 0.15) is 0 Å². The summed E-state index contributed by atoms with van der Waals surface area (Å²) in [4.78, 5) is 0.713. The summed E-state index contributed by atoms with van der Waals surface area (Å²) in [5, 5.41) is 0. The van der Waals surface area contributed by atoms with Crippen molar-refractivity contribution in [1.29, 1.82) is 0 Å². The van der Waals surface area contributed by atoms with Crippen molar-refractivity contribution >= 4 is 27.2 Å². The molecule has 21 heavy (non-hydrogen) atoms. The van der Waals surface area contributed by atoms with Gasteiger partial charge in [-0.2, -0.15) is 0 Å². The first kappa shape index (κ1) is 14.9. The van der Waals surface area contributed by atoms with Gasteiger partial charge >= 0.3 is 0 Å². The maximum absolute atomic E-state index is 12.3. The fraction of sp³-hybridized carbons (Fsp3) is 0.533. The van der Waals surface area contributed by atoms with Gasteiger partial charge in [-0.3, -0.25) is 0 Å². The Morgan fingerprint density at radius 2 is 1.90 bits per heavy atom. The maximum atomic E-state index is 12.3. The highest BCUT2D eigenvalue weighted by molar-refractivity contribution is 7.89. The monoisotopic (exact) mass is 324 g/mol. The number of sulfonamides is 1. The van der Waals surface area contributed by atoms with E-state index in [9.17, 15) is 8.42 Å². The lowest BCUT2D eigenvalue weighted by Crippen LogP contribution is -2.31. The Bertz CT molecular complexity index is 645. The van der Waals surface area contributed by atoms with E-state index in [1.165, 1.54) is 12.8 Å². The van der Waals surface area contributed by atoms with Gasteiger partial charge in [0.25, 0.3) is 0 Å². The van der Waals surface area contributed by atoms with Crippen LogP contribution in [0.25, 0.3) is 0 Å². The molecule has 2 aliphatic rings. The molecule has 4 nitrogen and oxygen atoms in total. The third kappa shape index (κ3) is 3.44. The molecule has 0 atom stereocenters. The lowest BCUT2D eigenvalue weighted by atomic mass is 10.0. The molecule has 2 aliphatic carbocycles. The van der Waals surface area contributed by atoms with E-state index in [1.54, 1.807) is 24.3 Å². The molecule has 0 aliphatic heterocycles. The molecule has 0 spiro atoms. The van der Waals surface area contributed by atoms with Crippen LogP contribution in [-0.4, -0.2) is 20.0 Å². The van der Waals surface area contributed by atoms with Crippen molar-refractivity contribution in [3.63, 3.8) is 0 Å². The zero-order valence-corrected chi connectivity index (χ0v) is 13.5. The molecule has 0 aromatic heterocycles. The molecule has 2 saturated carbocycles. The molecule has 1 aromatic rings. The van der Waals surface area contributed by atoms with Gasteiger partial charge in [0.05, 0.1) is 9.88 Å². The molecule has 0 heterocycles. The fourth-order valence-corrected chi connectivity index (χ4v) is 4.20. The van der Waals surface area contributed by atoms with Crippen LogP contribution < -0.4 is 10.5 Å². The van der Waals surface area contributed by atoms with Crippen LogP contribution in [-0.2, 0) is 16.4 Å². The summed E-state index contributed by atoms with van der Waals surface area (Å²) in [6.07, 6.45) is 5.33. The number of hydrogen-bond acceptors (Lipinski definition) is 3. The molecule has 6 heteroatoms. The molecule has 0 unspecified atom stereocenters. The second-order valence-electron chi connectivity index (χ2n) is 6.25. The topological polar surface area (TPSA) is 72.2 Å². The van der Waals surface area contributed by atoms with Gasteiger partial charge in [-0.25, -0.2) is 13.1 Å². The first-order valence-corrected chi connectivity index (χ1v) is 9.17. The van der Waals surface area contributed by atoms with E-state index in [1.807, 2.05) is 0 Å². The average Bonchev–Trinajstić information content (AvgIpc) is 3.28. The van der Waals surface area contributed by atoms with Gasteiger partial charge < -0.3 is 5.73 Å². The number of thiocarbonyl (C=S) groups is 1. The summed E-state index contributed by atoms with van der Waals surface area (Å²) in [5.41, 5.74) is 6.68. The predicted molar refractivity (Wildman–Crippen MR) is 86.5 cm³/mol. The van der Waals surface area contributed by atoms with Crippen molar-refractivity contribution in [2.45, 2.75) is 37.0 Å². The second kappa shape index (κ2) is 5.34. The number of hydrogen-bond donors (Lipinski definition) is 2. The first-order chi connectivity index (χ1) is 9.91. The minimum Gasteiger partial charge on any atom is -0.393 e. The van der Waals surface area contributed by atoms with Gasteiger partial charge in [0.15, 0.2) is 0 Å². The minimum absolute atomic E-state index is 0.263. The summed E-state index contributed by atoms with van der Waals surface area (Å²) in [7, 11) is -3.42. The lowest BCUT2D eigenvalue weighted by molar-refractivity contribution is 0.432. The highest BCUT2D eigenvalue weighted by Crippen LogP contribution is 2.60. The van der Waals surface area contributed by atoms with Crippen LogP contribution in [0, 0.1) is 11.3 Å². The zero-order chi connectivity index (χ0) is 15.1. The Labute approximate surface area is 131 Å². The summed E-state index contributed by atoms with van der Waals surface area (Å²) < 4.78 is 27.4. The Kier molecular flexibility index (Phi) is 3.80. The van der Waals surface area contributed by atoms with Crippen LogP contribution in [0.2, 0.25) is 0 Å². The van der Waals surface area contributed by atoms with E-state index in [0.29, 0.717) is 22.8 Å². The highest BCUT2D eigenvalue weighted by Gasteiger charge is 2.53. The molecule has 0 bridgehead atoms. The fourth-order valence-electron chi connectivity index (χ4n) is 2.90. The Morgan fingerprint density at radius 3 is 2.38 bits per heavy atom. The van der Waals surface area contributed by atoms with Crippen LogP contribution in [0.4, 0.5) is 0 Å². The van der Waals surface area contributed by atoms with E-state index in [0.717, 1.165) is 24.3 Å². The summed E-state index contributed by atoms with van der Waals surface area (Å²) in [5.74, 6) is 0.744. The molecule has 3 rings (SSSR count). The second-order valence-corrected chi connectivity index (χ2v) is 8.54. The van der Waals surface area contributed by atoms with Crippen molar-refractivity contribution in [3.05, 3.63) is 29.8 Å². The van der Waals surface area contributed by atoms with E-state index >= 15 is 0 Å². The SMILES string of the molecule is NC(=S)Cc1ccc(S(=O)(=O)NCC2(C3CC3)CC2)cc1. The Hall–Kier alpha value is -0.980. The van der Waals surface area contributed by atoms with Gasteiger partial charge in [-0.1, -0.05) is 24.4 Å². The Balaban J connectivity index is 1.65. The molecule has 1 aromatic carbocycles. The van der Waals surface area contributed by atoms with Gasteiger partial charge in [0, 0.05) is 13.0 Å². The quantitative estimate of drug-likeness (QED) is 0.752. The molecule has 0 saturated heterocycles. The van der Waals surface area contributed by atoms with Gasteiger partial charge in [0.2, 0.25) is 10.0 Å². The zero-order valence-electron chi connectivity index (χ0n) is 11.8. The molecule has 3 N–H and O–H groups in total. The highest BCUT2D eigenvalue weighted by atomic mass is 32.2. The number of rotatable bonds is 7. The molecular weight excluding hydrogens is 304 g/mol. The van der Waals surface area contributed by atoms with Crippen LogP contribution in [0.15, 0.2) is 29.2 Å². The van der Waals surface area contributed by atoms with Crippen LogP contribution >= 0.6 is 12.2 Å². The van der Waals surface area contributed by atoms with Crippen LogP contribution in [0.1, 0.15) is 31.2 Å². The largest absolute Gasteiger partial charge is 0.393 e. The van der Waals surface area contributed by atoms with Crippen molar-refractivity contribution < 1.29 is 8.42 Å². The summed E-state index contributed by atoms with van der Waals surface area (Å²) >= 11 is 4.85. The van der Waals surface area contributed by atoms with Crippen molar-refractivity contribution in [2.24, 2.45) is 17.1 Å². The van der Waals surface area contributed by atoms with Gasteiger partial charge in [-0.05, 0) is 54.7 Å².